The maximum Gasteiger partial charge on any atom is 0.445 e. The molecule has 0 heterocycles. The van der Waals surface area contributed by atoms with E-state index in [1.165, 1.54) is 0 Å². The molecule has 0 saturated heterocycles. The lowest BCUT2D eigenvalue weighted by Gasteiger charge is -2.02. The van der Waals surface area contributed by atoms with Crippen LogP contribution in [0.4, 0.5) is 17.6 Å². The highest BCUT2D eigenvalue weighted by Gasteiger charge is 2.29. The van der Waals surface area contributed by atoms with Crippen LogP contribution in [0.5, 0.6) is 0 Å². The molecule has 1 N–H and O–H groups in total. The third kappa shape index (κ3) is 9.08. The summed E-state index contributed by atoms with van der Waals surface area (Å²) in [5, 5.41) is 0. The Morgan fingerprint density at radius 1 is 1.46 bits per heavy atom. The standard InChI is InChI=1S/C4H4F4O4S/c5-3(1-4(6,7)8)2-12-13(9,10)11/h2H,1H2,(H,9,10,11). The number of allylic oxidation sites excluding steroid dienone is 1. The first-order valence-electron chi connectivity index (χ1n) is 2.67. The molecule has 0 aromatic rings. The van der Waals surface area contributed by atoms with E-state index in [9.17, 15) is 26.0 Å². The summed E-state index contributed by atoms with van der Waals surface area (Å²) in [5.41, 5.74) is 0. The average Bonchev–Trinajstić information content (AvgIpc) is 1.78. The molecule has 13 heavy (non-hydrogen) atoms. The predicted molar refractivity (Wildman–Crippen MR) is 32.5 cm³/mol. The zero-order valence-corrected chi connectivity index (χ0v) is 6.69. The molecule has 0 unspecified atom stereocenters. The Balaban J connectivity index is 4.21. The van der Waals surface area contributed by atoms with Gasteiger partial charge in [0.05, 0.1) is 6.42 Å². The molecule has 0 aromatic heterocycles. The summed E-state index contributed by atoms with van der Waals surface area (Å²) >= 11 is 0. The molecule has 0 atom stereocenters. The number of hydrogen-bond donors (Lipinski definition) is 1. The molecule has 0 rings (SSSR count). The molecule has 0 aromatic carbocycles. The van der Waals surface area contributed by atoms with E-state index < -0.39 is 28.8 Å². The van der Waals surface area contributed by atoms with Crippen LogP contribution >= 0.6 is 0 Å². The summed E-state index contributed by atoms with van der Waals surface area (Å²) in [7, 11) is -4.96. The summed E-state index contributed by atoms with van der Waals surface area (Å²) in [5.74, 6) is -1.86. The highest BCUT2D eigenvalue weighted by Crippen LogP contribution is 2.24. The third-order valence-corrected chi connectivity index (χ3v) is 1.01. The summed E-state index contributed by atoms with van der Waals surface area (Å²) in [6.07, 6.45) is -7.09. The highest BCUT2D eigenvalue weighted by molar-refractivity contribution is 7.81. The molecular formula is C4H4F4O4S. The van der Waals surface area contributed by atoms with Crippen molar-refractivity contribution in [2.24, 2.45) is 0 Å². The van der Waals surface area contributed by atoms with Gasteiger partial charge >= 0.3 is 16.6 Å². The lowest BCUT2D eigenvalue weighted by molar-refractivity contribution is -0.130. The van der Waals surface area contributed by atoms with Gasteiger partial charge in [-0.1, -0.05) is 0 Å². The Morgan fingerprint density at radius 3 is 2.23 bits per heavy atom. The van der Waals surface area contributed by atoms with Gasteiger partial charge in [-0.05, 0) is 0 Å². The van der Waals surface area contributed by atoms with Crippen molar-refractivity contribution in [2.75, 3.05) is 0 Å². The Labute approximate surface area is 70.8 Å². The van der Waals surface area contributed by atoms with Crippen molar-refractivity contribution in [3.8, 4) is 0 Å². The van der Waals surface area contributed by atoms with Crippen molar-refractivity contribution >= 4 is 10.4 Å². The van der Waals surface area contributed by atoms with Crippen molar-refractivity contribution in [2.45, 2.75) is 12.6 Å². The summed E-state index contributed by atoms with van der Waals surface area (Å²) in [6, 6.07) is 0. The lowest BCUT2D eigenvalue weighted by Crippen LogP contribution is -2.07. The quantitative estimate of drug-likeness (QED) is 0.449. The zero-order valence-electron chi connectivity index (χ0n) is 5.88. The van der Waals surface area contributed by atoms with Crippen LogP contribution in [0, 0.1) is 0 Å². The minimum absolute atomic E-state index is 0.331. The van der Waals surface area contributed by atoms with Gasteiger partial charge < -0.3 is 4.18 Å². The van der Waals surface area contributed by atoms with Gasteiger partial charge in [0.1, 0.15) is 12.1 Å². The Kier molecular flexibility index (Phi) is 3.67. The first-order valence-corrected chi connectivity index (χ1v) is 4.04. The second-order valence-electron chi connectivity index (χ2n) is 1.88. The smallest absolute Gasteiger partial charge is 0.367 e. The van der Waals surface area contributed by atoms with Gasteiger partial charge in [-0.2, -0.15) is 21.6 Å². The van der Waals surface area contributed by atoms with E-state index in [4.69, 9.17) is 4.55 Å². The highest BCUT2D eigenvalue weighted by atomic mass is 32.3. The van der Waals surface area contributed by atoms with Crippen molar-refractivity contribution < 1.29 is 34.7 Å². The summed E-state index contributed by atoms with van der Waals surface area (Å²) in [6.45, 7) is 0. The van der Waals surface area contributed by atoms with Crippen LogP contribution in [0.15, 0.2) is 12.1 Å². The number of rotatable bonds is 3. The van der Waals surface area contributed by atoms with E-state index in [0.29, 0.717) is 0 Å². The Morgan fingerprint density at radius 2 is 1.92 bits per heavy atom. The van der Waals surface area contributed by atoms with Crippen molar-refractivity contribution in [1.29, 1.82) is 0 Å². The van der Waals surface area contributed by atoms with Gasteiger partial charge in [0, 0.05) is 0 Å². The van der Waals surface area contributed by atoms with Gasteiger partial charge in [-0.15, -0.1) is 0 Å². The van der Waals surface area contributed by atoms with Crippen molar-refractivity contribution in [3.05, 3.63) is 12.1 Å². The van der Waals surface area contributed by atoms with Crippen LogP contribution in [0.25, 0.3) is 0 Å². The minimum atomic E-state index is -4.96. The van der Waals surface area contributed by atoms with Gasteiger partial charge in [0.2, 0.25) is 0 Å². The first kappa shape index (κ1) is 12.2. The topological polar surface area (TPSA) is 63.6 Å². The van der Waals surface area contributed by atoms with E-state index in [0.717, 1.165) is 0 Å². The second-order valence-corrected chi connectivity index (χ2v) is 2.93. The zero-order chi connectivity index (χ0) is 10.7. The molecule has 0 fully saturated rings. The molecule has 0 saturated carbocycles. The summed E-state index contributed by atoms with van der Waals surface area (Å²) in [4.78, 5) is 0. The number of alkyl halides is 3. The van der Waals surface area contributed by atoms with Gasteiger partial charge in [0.15, 0.2) is 0 Å². The average molecular weight is 224 g/mol. The molecule has 0 aliphatic carbocycles. The van der Waals surface area contributed by atoms with Gasteiger partial charge in [0.25, 0.3) is 0 Å². The third-order valence-electron chi connectivity index (χ3n) is 0.667. The fraction of sp³-hybridized carbons (Fsp3) is 0.500. The van der Waals surface area contributed by atoms with Crippen LogP contribution < -0.4 is 0 Å². The Hall–Kier alpha value is -0.830. The fourth-order valence-electron chi connectivity index (χ4n) is 0.346. The van der Waals surface area contributed by atoms with Crippen molar-refractivity contribution in [3.63, 3.8) is 0 Å². The van der Waals surface area contributed by atoms with Crippen LogP contribution in [-0.4, -0.2) is 19.1 Å². The van der Waals surface area contributed by atoms with E-state index >= 15 is 0 Å². The Bertz CT molecular complexity index is 290. The normalized spacial score (nSPS) is 14.4. The van der Waals surface area contributed by atoms with Crippen LogP contribution in [0.1, 0.15) is 6.42 Å². The van der Waals surface area contributed by atoms with Crippen molar-refractivity contribution in [1.82, 2.24) is 0 Å². The number of hydrogen-bond acceptors (Lipinski definition) is 3. The molecule has 4 nitrogen and oxygen atoms in total. The van der Waals surface area contributed by atoms with E-state index in [-0.39, 0.29) is 6.26 Å². The molecule has 0 aliphatic rings. The predicted octanol–water partition coefficient (Wildman–Crippen LogP) is 1.57. The molecule has 78 valence electrons. The summed E-state index contributed by atoms with van der Waals surface area (Å²) < 4.78 is 76.7. The first-order chi connectivity index (χ1) is 5.60. The maximum absolute atomic E-state index is 12.1. The molecule has 0 spiro atoms. The molecule has 0 bridgehead atoms. The van der Waals surface area contributed by atoms with E-state index in [1.54, 1.807) is 0 Å². The number of halogens is 4. The SMILES string of the molecule is O=S(=O)(O)OC=C(F)CC(F)(F)F. The van der Waals surface area contributed by atoms with Crippen LogP contribution in [0.3, 0.4) is 0 Å². The molecule has 9 heteroatoms. The fourth-order valence-corrected chi connectivity index (χ4v) is 0.572. The molecule has 0 aliphatic heterocycles. The van der Waals surface area contributed by atoms with E-state index in [2.05, 4.69) is 4.18 Å². The maximum atomic E-state index is 12.1. The molecule has 0 amide bonds. The monoisotopic (exact) mass is 224 g/mol. The van der Waals surface area contributed by atoms with Gasteiger partial charge in [-0.3, -0.25) is 4.55 Å². The lowest BCUT2D eigenvalue weighted by atomic mass is 10.4. The van der Waals surface area contributed by atoms with Crippen LogP contribution in [-0.2, 0) is 14.6 Å². The molecule has 0 radical (unpaired) electrons. The van der Waals surface area contributed by atoms with Gasteiger partial charge in [-0.25, -0.2) is 4.39 Å². The largest absolute Gasteiger partial charge is 0.445 e. The van der Waals surface area contributed by atoms with E-state index in [1.807, 2.05) is 0 Å². The minimum Gasteiger partial charge on any atom is -0.367 e. The molecular weight excluding hydrogens is 220 g/mol. The van der Waals surface area contributed by atoms with Crippen LogP contribution in [0.2, 0.25) is 0 Å². The second kappa shape index (κ2) is 3.92.